The SMILES string of the molecule is CNC(C)c1cnc(CS(N)(=O)=O)s1. The Balaban J connectivity index is 2.79. The van der Waals surface area contributed by atoms with Crippen molar-refractivity contribution in [3.05, 3.63) is 16.1 Å². The van der Waals surface area contributed by atoms with Crippen molar-refractivity contribution >= 4 is 21.4 Å². The Morgan fingerprint density at radius 3 is 2.86 bits per heavy atom. The summed E-state index contributed by atoms with van der Waals surface area (Å²) in [5.41, 5.74) is 0. The number of hydrogen-bond donors (Lipinski definition) is 2. The van der Waals surface area contributed by atoms with Crippen molar-refractivity contribution in [3.8, 4) is 0 Å². The minimum absolute atomic E-state index is 0.182. The maximum Gasteiger partial charge on any atom is 0.215 e. The van der Waals surface area contributed by atoms with Gasteiger partial charge in [0.05, 0.1) is 0 Å². The summed E-state index contributed by atoms with van der Waals surface area (Å²) in [5.74, 6) is -0.186. The molecular weight excluding hydrogens is 222 g/mol. The van der Waals surface area contributed by atoms with Crippen molar-refractivity contribution < 1.29 is 8.42 Å². The average molecular weight is 235 g/mol. The second-order valence-corrected chi connectivity index (χ2v) is 5.74. The van der Waals surface area contributed by atoms with E-state index in [1.807, 2.05) is 14.0 Å². The zero-order valence-electron chi connectivity index (χ0n) is 8.02. The molecule has 1 unspecified atom stereocenters. The topological polar surface area (TPSA) is 85.1 Å². The van der Waals surface area contributed by atoms with Gasteiger partial charge in [0.25, 0.3) is 0 Å². The molecule has 0 saturated carbocycles. The zero-order chi connectivity index (χ0) is 10.8. The Labute approximate surface area is 87.4 Å². The molecule has 3 N–H and O–H groups in total. The van der Waals surface area contributed by atoms with Crippen LogP contribution in [0.2, 0.25) is 0 Å². The Hall–Kier alpha value is -0.500. The summed E-state index contributed by atoms with van der Waals surface area (Å²) in [6, 6.07) is 0.182. The number of nitrogens with two attached hydrogens (primary N) is 1. The first-order valence-corrected chi connectivity index (χ1v) is 6.58. The fraction of sp³-hybridized carbons (Fsp3) is 0.571. The van der Waals surface area contributed by atoms with Gasteiger partial charge in [0.1, 0.15) is 10.8 Å². The third kappa shape index (κ3) is 3.33. The van der Waals surface area contributed by atoms with E-state index < -0.39 is 10.0 Å². The van der Waals surface area contributed by atoms with Crippen LogP contribution in [0.3, 0.4) is 0 Å². The van der Waals surface area contributed by atoms with E-state index >= 15 is 0 Å². The van der Waals surface area contributed by atoms with Gasteiger partial charge in [0, 0.05) is 17.1 Å². The van der Waals surface area contributed by atoms with Gasteiger partial charge in [-0.1, -0.05) is 0 Å². The van der Waals surface area contributed by atoms with E-state index in [0.717, 1.165) is 4.88 Å². The van der Waals surface area contributed by atoms with Gasteiger partial charge in [-0.05, 0) is 14.0 Å². The Kier molecular flexibility index (Phi) is 3.59. The summed E-state index contributed by atoms with van der Waals surface area (Å²) in [7, 11) is -1.63. The van der Waals surface area contributed by atoms with Gasteiger partial charge in [-0.15, -0.1) is 11.3 Å². The lowest BCUT2D eigenvalue weighted by Crippen LogP contribution is -2.14. The maximum atomic E-state index is 10.8. The zero-order valence-corrected chi connectivity index (χ0v) is 9.65. The minimum atomic E-state index is -3.47. The number of rotatable bonds is 4. The third-order valence-corrected chi connectivity index (χ3v) is 3.79. The van der Waals surface area contributed by atoms with Crippen molar-refractivity contribution in [2.75, 3.05) is 7.05 Å². The Morgan fingerprint density at radius 1 is 1.71 bits per heavy atom. The van der Waals surface area contributed by atoms with Crippen molar-refractivity contribution in [3.63, 3.8) is 0 Å². The summed E-state index contributed by atoms with van der Waals surface area (Å²) >= 11 is 1.36. The molecule has 1 atom stereocenters. The summed E-state index contributed by atoms with van der Waals surface area (Å²) in [6.07, 6.45) is 1.67. The molecule has 0 amide bonds. The molecule has 0 aliphatic heterocycles. The Morgan fingerprint density at radius 2 is 2.36 bits per heavy atom. The molecule has 14 heavy (non-hydrogen) atoms. The van der Waals surface area contributed by atoms with Crippen molar-refractivity contribution in [1.29, 1.82) is 0 Å². The predicted octanol–water partition coefficient (Wildman–Crippen LogP) is 0.212. The fourth-order valence-electron chi connectivity index (χ4n) is 0.906. The van der Waals surface area contributed by atoms with Gasteiger partial charge in [0.2, 0.25) is 10.0 Å². The third-order valence-electron chi connectivity index (χ3n) is 1.76. The number of nitrogens with zero attached hydrogens (tertiary/aromatic N) is 1. The normalized spacial score (nSPS) is 14.2. The van der Waals surface area contributed by atoms with E-state index in [1.165, 1.54) is 11.3 Å². The predicted molar refractivity (Wildman–Crippen MR) is 56.4 cm³/mol. The molecule has 1 heterocycles. The molecule has 1 aromatic rings. The standard InChI is InChI=1S/C7H13N3O2S2/c1-5(9-2)6-3-10-7(13-6)4-14(8,11)12/h3,5,9H,4H2,1-2H3,(H2,8,11,12). The van der Waals surface area contributed by atoms with Crippen LogP contribution in [0.15, 0.2) is 6.20 Å². The molecule has 1 rings (SSSR count). The quantitative estimate of drug-likeness (QED) is 0.781. The monoisotopic (exact) mass is 235 g/mol. The van der Waals surface area contributed by atoms with Crippen molar-refractivity contribution in [1.82, 2.24) is 10.3 Å². The lowest BCUT2D eigenvalue weighted by molar-refractivity contribution is 0.597. The van der Waals surface area contributed by atoms with Gasteiger partial charge in [0.15, 0.2) is 0 Å². The lowest BCUT2D eigenvalue weighted by atomic mass is 10.3. The summed E-state index contributed by atoms with van der Waals surface area (Å²) < 4.78 is 21.6. The number of sulfonamides is 1. The van der Waals surface area contributed by atoms with Gasteiger partial charge < -0.3 is 5.32 Å². The second-order valence-electron chi connectivity index (χ2n) is 2.97. The van der Waals surface area contributed by atoms with Crippen molar-refractivity contribution in [2.45, 2.75) is 18.7 Å². The molecule has 0 bridgehead atoms. The number of aromatic nitrogens is 1. The van der Waals surface area contributed by atoms with Crippen LogP contribution in [0.5, 0.6) is 0 Å². The number of hydrogen-bond acceptors (Lipinski definition) is 5. The molecule has 0 fully saturated rings. The number of nitrogens with one attached hydrogen (secondary N) is 1. The van der Waals surface area contributed by atoms with Crippen LogP contribution in [0.4, 0.5) is 0 Å². The van der Waals surface area contributed by atoms with Crippen LogP contribution < -0.4 is 10.5 Å². The highest BCUT2D eigenvalue weighted by molar-refractivity contribution is 7.88. The summed E-state index contributed by atoms with van der Waals surface area (Å²) in [4.78, 5) is 5.00. The van der Waals surface area contributed by atoms with E-state index in [1.54, 1.807) is 6.20 Å². The van der Waals surface area contributed by atoms with Crippen LogP contribution in [0.1, 0.15) is 22.9 Å². The molecule has 0 radical (unpaired) electrons. The first-order chi connectivity index (χ1) is 6.42. The molecule has 0 aromatic carbocycles. The average Bonchev–Trinajstić information content (AvgIpc) is 2.48. The molecule has 0 aliphatic rings. The van der Waals surface area contributed by atoms with E-state index in [9.17, 15) is 8.42 Å². The molecule has 5 nitrogen and oxygen atoms in total. The lowest BCUT2D eigenvalue weighted by Gasteiger charge is -2.04. The molecule has 0 aliphatic carbocycles. The number of thiazole rings is 1. The smallest absolute Gasteiger partial charge is 0.215 e. The molecule has 80 valence electrons. The van der Waals surface area contributed by atoms with Crippen LogP contribution in [-0.4, -0.2) is 20.4 Å². The second kappa shape index (κ2) is 4.35. The van der Waals surface area contributed by atoms with Crippen molar-refractivity contribution in [2.24, 2.45) is 5.14 Å². The van der Waals surface area contributed by atoms with E-state index in [4.69, 9.17) is 5.14 Å². The minimum Gasteiger partial charge on any atom is -0.312 e. The fourth-order valence-corrected chi connectivity index (χ4v) is 2.83. The van der Waals surface area contributed by atoms with E-state index in [-0.39, 0.29) is 11.8 Å². The van der Waals surface area contributed by atoms with Gasteiger partial charge >= 0.3 is 0 Å². The molecule has 1 aromatic heterocycles. The molecule has 0 spiro atoms. The summed E-state index contributed by atoms with van der Waals surface area (Å²) in [6.45, 7) is 1.98. The highest BCUT2D eigenvalue weighted by Gasteiger charge is 2.11. The first-order valence-electron chi connectivity index (χ1n) is 4.04. The number of primary sulfonamides is 1. The highest BCUT2D eigenvalue weighted by atomic mass is 32.2. The van der Waals surface area contributed by atoms with Crippen LogP contribution in [0.25, 0.3) is 0 Å². The van der Waals surface area contributed by atoms with E-state index in [2.05, 4.69) is 10.3 Å². The molecule has 7 heteroatoms. The van der Waals surface area contributed by atoms with Gasteiger partial charge in [-0.3, -0.25) is 0 Å². The largest absolute Gasteiger partial charge is 0.312 e. The van der Waals surface area contributed by atoms with Crippen LogP contribution in [-0.2, 0) is 15.8 Å². The molecule has 0 saturated heterocycles. The summed E-state index contributed by atoms with van der Waals surface area (Å²) in [5, 5.41) is 8.49. The first kappa shape index (κ1) is 11.6. The van der Waals surface area contributed by atoms with Crippen LogP contribution >= 0.6 is 11.3 Å². The Bertz CT molecular complexity index is 399. The highest BCUT2D eigenvalue weighted by Crippen LogP contribution is 2.20. The van der Waals surface area contributed by atoms with E-state index in [0.29, 0.717) is 5.01 Å². The van der Waals surface area contributed by atoms with Gasteiger partial charge in [-0.2, -0.15) is 0 Å². The maximum absolute atomic E-state index is 10.8. The van der Waals surface area contributed by atoms with Crippen LogP contribution in [0, 0.1) is 0 Å². The molecular formula is C7H13N3O2S2. The van der Waals surface area contributed by atoms with Gasteiger partial charge in [-0.25, -0.2) is 18.5 Å².